The molecule has 1 aromatic heterocycles. The molecule has 0 unspecified atom stereocenters. The number of aryl methyl sites for hydroxylation is 1. The van der Waals surface area contributed by atoms with Crippen molar-refractivity contribution in [2.24, 2.45) is 0 Å². The minimum atomic E-state index is -1.36. The summed E-state index contributed by atoms with van der Waals surface area (Å²) in [5.74, 6) is -1.03. The lowest BCUT2D eigenvalue weighted by molar-refractivity contribution is -0.129. The van der Waals surface area contributed by atoms with Crippen LogP contribution < -0.4 is 5.32 Å². The van der Waals surface area contributed by atoms with Crippen LogP contribution >= 0.6 is 0 Å². The Morgan fingerprint density at radius 2 is 2.35 bits per heavy atom. The van der Waals surface area contributed by atoms with Crippen molar-refractivity contribution >= 4 is 5.91 Å². The van der Waals surface area contributed by atoms with Crippen LogP contribution in [-0.2, 0) is 11.3 Å². The Morgan fingerprint density at radius 3 is 3.05 bits per heavy atom. The topological polar surface area (TPSA) is 80.0 Å². The zero-order valence-corrected chi connectivity index (χ0v) is 10.7. The fraction of sp³-hybridized carbons (Fsp3) is 0.308. The molecule has 2 aromatic rings. The molecule has 106 valence electrons. The molecule has 1 amide bonds. The van der Waals surface area contributed by atoms with Gasteiger partial charge < -0.3 is 10.4 Å². The van der Waals surface area contributed by atoms with Crippen molar-refractivity contribution in [3.05, 3.63) is 48.3 Å². The maximum Gasteiger partial charge on any atom is 0.253 e. The molecule has 6 nitrogen and oxygen atoms in total. The summed E-state index contributed by atoms with van der Waals surface area (Å²) in [7, 11) is 0. The number of nitrogens with one attached hydrogen (secondary N) is 1. The highest BCUT2D eigenvalue weighted by Crippen LogP contribution is 2.13. The second-order valence-electron chi connectivity index (χ2n) is 4.26. The second-order valence-corrected chi connectivity index (χ2v) is 4.26. The molecular formula is C13H15FN4O2. The highest BCUT2D eigenvalue weighted by Gasteiger charge is 2.16. The van der Waals surface area contributed by atoms with E-state index in [0.29, 0.717) is 19.5 Å². The number of rotatable bonds is 6. The Balaban J connectivity index is 1.76. The van der Waals surface area contributed by atoms with E-state index >= 15 is 0 Å². The Morgan fingerprint density at radius 1 is 1.50 bits per heavy atom. The van der Waals surface area contributed by atoms with Gasteiger partial charge in [-0.05, 0) is 24.1 Å². The first-order valence-electron chi connectivity index (χ1n) is 6.20. The fourth-order valence-electron chi connectivity index (χ4n) is 1.73. The van der Waals surface area contributed by atoms with Crippen molar-refractivity contribution in [1.82, 2.24) is 20.1 Å². The molecule has 20 heavy (non-hydrogen) atoms. The number of hydrogen-bond donors (Lipinski definition) is 2. The van der Waals surface area contributed by atoms with E-state index in [1.54, 1.807) is 11.0 Å². The average Bonchev–Trinajstić information content (AvgIpc) is 2.95. The van der Waals surface area contributed by atoms with E-state index in [1.807, 2.05) is 0 Å². The first-order chi connectivity index (χ1) is 9.66. The third-order valence-electron chi connectivity index (χ3n) is 2.74. The lowest BCUT2D eigenvalue weighted by atomic mass is 10.1. The van der Waals surface area contributed by atoms with Crippen LogP contribution in [0.15, 0.2) is 36.9 Å². The van der Waals surface area contributed by atoms with E-state index < -0.39 is 17.8 Å². The summed E-state index contributed by atoms with van der Waals surface area (Å²) in [6, 6.07) is 5.35. The van der Waals surface area contributed by atoms with Gasteiger partial charge in [0.1, 0.15) is 18.5 Å². The van der Waals surface area contributed by atoms with Crippen molar-refractivity contribution in [2.75, 3.05) is 6.54 Å². The molecule has 0 saturated carbocycles. The standard InChI is InChI=1S/C13H15FN4O2/c14-11-4-1-3-10(7-11)12(19)13(20)16-5-2-6-18-9-15-8-17-18/h1,3-4,7-9,12,19H,2,5-6H2,(H,16,20)/t12-/m1/s1. The van der Waals surface area contributed by atoms with Gasteiger partial charge in [-0.25, -0.2) is 9.37 Å². The molecule has 0 bridgehead atoms. The van der Waals surface area contributed by atoms with Gasteiger partial charge in [0.05, 0.1) is 0 Å². The number of hydrogen-bond acceptors (Lipinski definition) is 4. The predicted octanol–water partition coefficient (Wildman–Crippen LogP) is 0.657. The van der Waals surface area contributed by atoms with Crippen molar-refractivity contribution in [3.63, 3.8) is 0 Å². The monoisotopic (exact) mass is 278 g/mol. The summed E-state index contributed by atoms with van der Waals surface area (Å²) in [4.78, 5) is 15.5. The molecule has 0 spiro atoms. The number of carbonyl (C=O) groups is 1. The third-order valence-corrected chi connectivity index (χ3v) is 2.74. The Hall–Kier alpha value is -2.28. The number of amides is 1. The number of benzene rings is 1. The van der Waals surface area contributed by atoms with Gasteiger partial charge in [-0.1, -0.05) is 12.1 Å². The largest absolute Gasteiger partial charge is 0.378 e. The van der Waals surface area contributed by atoms with Crippen LogP contribution in [0.5, 0.6) is 0 Å². The Kier molecular flexibility index (Phi) is 4.78. The van der Waals surface area contributed by atoms with E-state index in [2.05, 4.69) is 15.4 Å². The van der Waals surface area contributed by atoms with Gasteiger partial charge in [-0.3, -0.25) is 9.48 Å². The average molecular weight is 278 g/mol. The quantitative estimate of drug-likeness (QED) is 0.761. The lowest BCUT2D eigenvalue weighted by Crippen LogP contribution is -2.30. The maximum atomic E-state index is 13.0. The van der Waals surface area contributed by atoms with Gasteiger partial charge in [0.25, 0.3) is 5.91 Å². The Labute approximate surface area is 115 Å². The van der Waals surface area contributed by atoms with Gasteiger partial charge in [0.2, 0.25) is 0 Å². The normalized spacial score (nSPS) is 12.1. The SMILES string of the molecule is O=C(NCCCn1cncn1)[C@H](O)c1cccc(F)c1. The molecule has 2 N–H and O–H groups in total. The van der Waals surface area contributed by atoms with E-state index in [1.165, 1.54) is 24.5 Å². The van der Waals surface area contributed by atoms with E-state index in [-0.39, 0.29) is 5.56 Å². The van der Waals surface area contributed by atoms with Crippen molar-refractivity contribution in [3.8, 4) is 0 Å². The second kappa shape index (κ2) is 6.76. The Bertz CT molecular complexity index is 559. The van der Waals surface area contributed by atoms with Crippen molar-refractivity contribution in [2.45, 2.75) is 19.1 Å². The zero-order chi connectivity index (χ0) is 14.4. The number of aromatic nitrogens is 3. The maximum absolute atomic E-state index is 13.0. The third kappa shape index (κ3) is 3.86. The molecule has 0 radical (unpaired) electrons. The number of halogens is 1. The summed E-state index contributed by atoms with van der Waals surface area (Å²) >= 11 is 0. The van der Waals surface area contributed by atoms with Crippen LogP contribution in [0.4, 0.5) is 4.39 Å². The molecule has 1 atom stereocenters. The van der Waals surface area contributed by atoms with Crippen LogP contribution in [0.2, 0.25) is 0 Å². The van der Waals surface area contributed by atoms with Gasteiger partial charge >= 0.3 is 0 Å². The molecule has 0 aliphatic rings. The van der Waals surface area contributed by atoms with Crippen LogP contribution in [0, 0.1) is 5.82 Å². The summed E-state index contributed by atoms with van der Waals surface area (Å²) in [6.07, 6.45) is 2.32. The predicted molar refractivity (Wildman–Crippen MR) is 69.0 cm³/mol. The van der Waals surface area contributed by atoms with E-state index in [0.717, 1.165) is 6.07 Å². The first-order valence-corrected chi connectivity index (χ1v) is 6.20. The van der Waals surface area contributed by atoms with E-state index in [4.69, 9.17) is 0 Å². The van der Waals surface area contributed by atoms with Gasteiger partial charge in [0, 0.05) is 13.1 Å². The summed E-state index contributed by atoms with van der Waals surface area (Å²) in [6.45, 7) is 1.02. The fourth-order valence-corrected chi connectivity index (χ4v) is 1.73. The van der Waals surface area contributed by atoms with Gasteiger partial charge in [0.15, 0.2) is 6.10 Å². The molecular weight excluding hydrogens is 263 g/mol. The van der Waals surface area contributed by atoms with E-state index in [9.17, 15) is 14.3 Å². The minimum Gasteiger partial charge on any atom is -0.378 e. The van der Waals surface area contributed by atoms with Crippen LogP contribution in [0.25, 0.3) is 0 Å². The van der Waals surface area contributed by atoms with Crippen LogP contribution in [0.3, 0.4) is 0 Å². The van der Waals surface area contributed by atoms with Crippen molar-refractivity contribution < 1.29 is 14.3 Å². The van der Waals surface area contributed by atoms with Crippen LogP contribution in [-0.4, -0.2) is 32.3 Å². The molecule has 0 aliphatic carbocycles. The molecule has 7 heteroatoms. The minimum absolute atomic E-state index is 0.235. The zero-order valence-electron chi connectivity index (χ0n) is 10.7. The summed E-state index contributed by atoms with van der Waals surface area (Å²) < 4.78 is 14.6. The molecule has 0 aliphatic heterocycles. The van der Waals surface area contributed by atoms with Gasteiger partial charge in [-0.15, -0.1) is 0 Å². The summed E-state index contributed by atoms with van der Waals surface area (Å²) in [5, 5.41) is 16.3. The van der Waals surface area contributed by atoms with Gasteiger partial charge in [-0.2, -0.15) is 5.10 Å². The number of aliphatic hydroxyl groups excluding tert-OH is 1. The molecule has 0 fully saturated rings. The number of aliphatic hydroxyl groups is 1. The van der Waals surface area contributed by atoms with Crippen molar-refractivity contribution in [1.29, 1.82) is 0 Å². The highest BCUT2D eigenvalue weighted by atomic mass is 19.1. The molecule has 2 rings (SSSR count). The summed E-state index contributed by atoms with van der Waals surface area (Å²) in [5.41, 5.74) is 0.235. The number of nitrogens with zero attached hydrogens (tertiary/aromatic N) is 3. The smallest absolute Gasteiger partial charge is 0.253 e. The molecule has 0 saturated heterocycles. The van der Waals surface area contributed by atoms with Crippen LogP contribution in [0.1, 0.15) is 18.1 Å². The first kappa shape index (κ1) is 14.1. The number of carbonyl (C=O) groups excluding carboxylic acids is 1. The highest BCUT2D eigenvalue weighted by molar-refractivity contribution is 5.81. The lowest BCUT2D eigenvalue weighted by Gasteiger charge is -2.11. The molecule has 1 heterocycles. The molecule has 1 aromatic carbocycles.